The standard InChI is InChI=1S/C5H14N.CH3O/c1-5-6(2,3)4;1-2/h5H2,1-4H3;1H3/q+1;-1. The van der Waals surface area contributed by atoms with Gasteiger partial charge in [-0.1, -0.05) is 0 Å². The first-order valence-corrected chi connectivity index (χ1v) is 2.77. The van der Waals surface area contributed by atoms with Crippen molar-refractivity contribution >= 4 is 0 Å². The van der Waals surface area contributed by atoms with Gasteiger partial charge in [-0.15, -0.1) is 0 Å². The molecule has 0 fully saturated rings. The molecule has 0 aromatic carbocycles. The molecule has 0 saturated heterocycles. The molecule has 0 bridgehead atoms. The summed E-state index contributed by atoms with van der Waals surface area (Å²) in [5, 5.41) is 8.25. The number of nitrogens with zero attached hydrogens (tertiary/aromatic N) is 1. The van der Waals surface area contributed by atoms with E-state index >= 15 is 0 Å². The van der Waals surface area contributed by atoms with Crippen LogP contribution in [-0.2, 0) is 0 Å². The van der Waals surface area contributed by atoms with E-state index in [2.05, 4.69) is 28.1 Å². The fourth-order valence-corrected chi connectivity index (χ4v) is 0. The quantitative estimate of drug-likeness (QED) is 0.434. The number of hydrogen-bond donors (Lipinski definition) is 0. The Hall–Kier alpha value is -0.0800. The van der Waals surface area contributed by atoms with Crippen molar-refractivity contribution in [2.24, 2.45) is 0 Å². The van der Waals surface area contributed by atoms with Crippen molar-refractivity contribution < 1.29 is 9.59 Å². The maximum absolute atomic E-state index is 8.25. The van der Waals surface area contributed by atoms with E-state index < -0.39 is 0 Å². The van der Waals surface area contributed by atoms with Gasteiger partial charge >= 0.3 is 0 Å². The third-order valence-electron chi connectivity index (χ3n) is 0.949. The predicted octanol–water partition coefficient (Wildman–Crippen LogP) is -0.311. The van der Waals surface area contributed by atoms with Gasteiger partial charge in [0.05, 0.1) is 27.7 Å². The van der Waals surface area contributed by atoms with Crippen LogP contribution in [0.25, 0.3) is 0 Å². The topological polar surface area (TPSA) is 23.1 Å². The van der Waals surface area contributed by atoms with Crippen LogP contribution >= 0.6 is 0 Å². The number of quaternary nitrogens is 1. The Morgan fingerprint density at radius 2 is 1.25 bits per heavy atom. The van der Waals surface area contributed by atoms with Gasteiger partial charge in [0.15, 0.2) is 0 Å². The molecular formula is C6H17NO. The van der Waals surface area contributed by atoms with Gasteiger partial charge in [0.2, 0.25) is 0 Å². The first kappa shape index (κ1) is 10.8. The molecule has 0 heterocycles. The van der Waals surface area contributed by atoms with Crippen molar-refractivity contribution in [1.29, 1.82) is 0 Å². The van der Waals surface area contributed by atoms with E-state index in [1.807, 2.05) is 0 Å². The SMILES string of the molecule is CC[N+](C)(C)C.C[O-]. The van der Waals surface area contributed by atoms with Gasteiger partial charge in [-0.3, -0.25) is 0 Å². The van der Waals surface area contributed by atoms with Crippen molar-refractivity contribution in [2.45, 2.75) is 6.92 Å². The third kappa shape index (κ3) is 16.8. The molecule has 0 atom stereocenters. The fraction of sp³-hybridized carbons (Fsp3) is 1.00. The monoisotopic (exact) mass is 119 g/mol. The molecule has 0 radical (unpaired) electrons. The molecule has 52 valence electrons. The smallest absolute Gasteiger partial charge is 0.0751 e. The van der Waals surface area contributed by atoms with Crippen molar-refractivity contribution in [2.75, 3.05) is 34.8 Å². The summed E-state index contributed by atoms with van der Waals surface area (Å²) >= 11 is 0. The van der Waals surface area contributed by atoms with Crippen LogP contribution in [0.3, 0.4) is 0 Å². The van der Waals surface area contributed by atoms with Crippen LogP contribution in [-0.4, -0.2) is 39.3 Å². The first-order valence-electron chi connectivity index (χ1n) is 2.77. The maximum atomic E-state index is 8.25. The highest BCUT2D eigenvalue weighted by Crippen LogP contribution is 1.83. The van der Waals surface area contributed by atoms with Crippen molar-refractivity contribution in [3.8, 4) is 0 Å². The zero-order valence-electron chi connectivity index (χ0n) is 6.56. The first-order chi connectivity index (χ1) is 3.56. The van der Waals surface area contributed by atoms with Gasteiger partial charge in [0.1, 0.15) is 0 Å². The molecule has 0 N–H and O–H groups in total. The summed E-state index contributed by atoms with van der Waals surface area (Å²) in [4.78, 5) is 0. The minimum absolute atomic E-state index is 0.750. The normalized spacial score (nSPS) is 9.75. The molecule has 0 amide bonds. The summed E-state index contributed by atoms with van der Waals surface area (Å²) < 4.78 is 1.07. The van der Waals surface area contributed by atoms with Crippen LogP contribution < -0.4 is 5.11 Å². The van der Waals surface area contributed by atoms with Gasteiger partial charge in [-0.25, -0.2) is 0 Å². The van der Waals surface area contributed by atoms with Crippen LogP contribution in [0.1, 0.15) is 6.92 Å². The summed E-state index contributed by atoms with van der Waals surface area (Å²) in [5.74, 6) is 0. The Labute approximate surface area is 52.3 Å². The third-order valence-corrected chi connectivity index (χ3v) is 0.949. The fourth-order valence-electron chi connectivity index (χ4n) is 0. The summed E-state index contributed by atoms with van der Waals surface area (Å²) in [7, 11) is 7.29. The van der Waals surface area contributed by atoms with E-state index in [0.717, 1.165) is 11.6 Å². The van der Waals surface area contributed by atoms with Crippen molar-refractivity contribution in [3.63, 3.8) is 0 Å². The van der Waals surface area contributed by atoms with E-state index in [-0.39, 0.29) is 0 Å². The highest BCUT2D eigenvalue weighted by molar-refractivity contribution is 4.06. The van der Waals surface area contributed by atoms with Gasteiger partial charge in [0, 0.05) is 0 Å². The lowest BCUT2D eigenvalue weighted by atomic mass is 10.6. The van der Waals surface area contributed by atoms with Crippen LogP contribution in [0.4, 0.5) is 0 Å². The zero-order valence-corrected chi connectivity index (χ0v) is 6.56. The molecule has 2 heteroatoms. The average Bonchev–Trinajstić information content (AvgIpc) is 1.71. The van der Waals surface area contributed by atoms with Crippen LogP contribution in [0, 0.1) is 0 Å². The summed E-state index contributed by atoms with van der Waals surface area (Å²) in [6.07, 6.45) is 0. The minimum Gasteiger partial charge on any atom is -0.857 e. The lowest BCUT2D eigenvalue weighted by Gasteiger charge is -2.20. The van der Waals surface area contributed by atoms with E-state index in [1.165, 1.54) is 6.54 Å². The summed E-state index contributed by atoms with van der Waals surface area (Å²) in [6.45, 7) is 3.39. The maximum Gasteiger partial charge on any atom is 0.0751 e. The molecule has 0 saturated carbocycles. The van der Waals surface area contributed by atoms with Gasteiger partial charge in [-0.05, 0) is 6.92 Å². The molecule has 0 aromatic rings. The van der Waals surface area contributed by atoms with Crippen LogP contribution in [0.2, 0.25) is 0 Å². The lowest BCUT2D eigenvalue weighted by Crippen LogP contribution is -2.33. The Morgan fingerprint density at radius 1 is 1.12 bits per heavy atom. The second-order valence-electron chi connectivity index (χ2n) is 2.61. The van der Waals surface area contributed by atoms with Gasteiger partial charge in [0.25, 0.3) is 0 Å². The Morgan fingerprint density at radius 3 is 1.25 bits per heavy atom. The van der Waals surface area contributed by atoms with Crippen molar-refractivity contribution in [1.82, 2.24) is 0 Å². The van der Waals surface area contributed by atoms with Crippen LogP contribution in [0.5, 0.6) is 0 Å². The molecular weight excluding hydrogens is 102 g/mol. The summed E-state index contributed by atoms with van der Waals surface area (Å²) in [5.41, 5.74) is 0. The van der Waals surface area contributed by atoms with Gasteiger partial charge < -0.3 is 9.59 Å². The molecule has 0 aliphatic heterocycles. The van der Waals surface area contributed by atoms with E-state index in [4.69, 9.17) is 5.11 Å². The van der Waals surface area contributed by atoms with Crippen molar-refractivity contribution in [3.05, 3.63) is 0 Å². The molecule has 0 aromatic heterocycles. The van der Waals surface area contributed by atoms with E-state index in [9.17, 15) is 0 Å². The Bertz CT molecular complexity index is 38.3. The summed E-state index contributed by atoms with van der Waals surface area (Å²) in [6, 6.07) is 0. The average molecular weight is 119 g/mol. The van der Waals surface area contributed by atoms with Gasteiger partial charge in [-0.2, -0.15) is 7.11 Å². The minimum atomic E-state index is 0.750. The highest BCUT2D eigenvalue weighted by atomic mass is 16.2. The second kappa shape index (κ2) is 5.06. The predicted molar refractivity (Wildman–Crippen MR) is 34.5 cm³/mol. The molecule has 0 aliphatic rings. The molecule has 0 spiro atoms. The number of hydrogen-bond acceptors (Lipinski definition) is 1. The molecule has 0 rings (SSSR count). The lowest BCUT2D eigenvalue weighted by molar-refractivity contribution is -0.868. The second-order valence-corrected chi connectivity index (χ2v) is 2.61. The Balaban J connectivity index is 0. The number of rotatable bonds is 1. The molecule has 2 nitrogen and oxygen atoms in total. The molecule has 0 unspecified atom stereocenters. The zero-order chi connectivity index (χ0) is 7.21. The van der Waals surface area contributed by atoms with E-state index in [1.54, 1.807) is 0 Å². The van der Waals surface area contributed by atoms with Crippen LogP contribution in [0.15, 0.2) is 0 Å². The largest absolute Gasteiger partial charge is 0.857 e. The Kier molecular flexibility index (Phi) is 6.85. The molecule has 0 aliphatic carbocycles. The van der Waals surface area contributed by atoms with E-state index in [0.29, 0.717) is 0 Å². The highest BCUT2D eigenvalue weighted by Gasteiger charge is 1.97. The molecule has 8 heavy (non-hydrogen) atoms.